The maximum Gasteiger partial charge on any atom is 0.270 e. The number of benzene rings is 1. The molecule has 1 fully saturated rings. The highest BCUT2D eigenvalue weighted by molar-refractivity contribution is 5.92. The second-order valence-electron chi connectivity index (χ2n) is 6.57. The van der Waals surface area contributed by atoms with E-state index in [0.29, 0.717) is 18.2 Å². The van der Waals surface area contributed by atoms with E-state index < -0.39 is 0 Å². The molecule has 4 rings (SSSR count). The number of pyridine rings is 1. The average molecular weight is 374 g/mol. The van der Waals surface area contributed by atoms with Crippen LogP contribution < -0.4 is 15.1 Å². The number of anilines is 2. The molecule has 1 aromatic carbocycles. The second kappa shape index (κ2) is 8.47. The Hall–Kier alpha value is -3.48. The molecule has 7 nitrogen and oxygen atoms in total. The summed E-state index contributed by atoms with van der Waals surface area (Å²) in [5.41, 5.74) is 1.43. The Morgan fingerprint density at radius 2 is 1.61 bits per heavy atom. The highest BCUT2D eigenvalue weighted by Crippen LogP contribution is 2.16. The van der Waals surface area contributed by atoms with Crippen LogP contribution in [0.1, 0.15) is 16.1 Å². The Kier molecular flexibility index (Phi) is 5.42. The van der Waals surface area contributed by atoms with Crippen LogP contribution >= 0.6 is 0 Å². The molecular weight excluding hydrogens is 352 g/mol. The van der Waals surface area contributed by atoms with Crippen LogP contribution in [0.25, 0.3) is 0 Å². The summed E-state index contributed by atoms with van der Waals surface area (Å²) >= 11 is 0. The quantitative estimate of drug-likeness (QED) is 0.737. The fourth-order valence-corrected chi connectivity index (χ4v) is 3.17. The third-order valence-electron chi connectivity index (χ3n) is 4.71. The van der Waals surface area contributed by atoms with Gasteiger partial charge in [-0.1, -0.05) is 36.4 Å². The first-order valence-electron chi connectivity index (χ1n) is 9.36. The van der Waals surface area contributed by atoms with Crippen LogP contribution in [0.3, 0.4) is 0 Å². The van der Waals surface area contributed by atoms with Crippen molar-refractivity contribution in [2.24, 2.45) is 0 Å². The third kappa shape index (κ3) is 4.25. The molecule has 0 spiro atoms. The van der Waals surface area contributed by atoms with Gasteiger partial charge in [0.15, 0.2) is 0 Å². The zero-order valence-electron chi connectivity index (χ0n) is 15.5. The predicted molar refractivity (Wildman–Crippen MR) is 108 cm³/mol. The summed E-state index contributed by atoms with van der Waals surface area (Å²) in [6.45, 7) is 3.72. The molecule has 1 amide bonds. The molecular formula is C21H22N6O. The molecule has 2 aromatic heterocycles. The van der Waals surface area contributed by atoms with Gasteiger partial charge < -0.3 is 15.1 Å². The maximum absolute atomic E-state index is 12.5. The number of nitrogens with one attached hydrogen (secondary N) is 1. The molecule has 28 heavy (non-hydrogen) atoms. The summed E-state index contributed by atoms with van der Waals surface area (Å²) in [6.07, 6.45) is 3.45. The van der Waals surface area contributed by atoms with Gasteiger partial charge in [-0.2, -0.15) is 0 Å². The molecule has 1 aliphatic heterocycles. The van der Waals surface area contributed by atoms with E-state index in [9.17, 15) is 4.79 Å². The minimum atomic E-state index is -0.195. The van der Waals surface area contributed by atoms with Gasteiger partial charge in [0, 0.05) is 45.1 Å². The Morgan fingerprint density at radius 3 is 2.36 bits per heavy atom. The van der Waals surface area contributed by atoms with Crippen LogP contribution in [-0.2, 0) is 6.54 Å². The number of piperazine rings is 1. The van der Waals surface area contributed by atoms with Crippen molar-refractivity contribution in [2.75, 3.05) is 36.0 Å². The van der Waals surface area contributed by atoms with Crippen LogP contribution in [0, 0.1) is 0 Å². The third-order valence-corrected chi connectivity index (χ3v) is 4.71. The first kappa shape index (κ1) is 17.9. The van der Waals surface area contributed by atoms with Crippen molar-refractivity contribution < 1.29 is 4.79 Å². The standard InChI is InChI=1S/C21H22N6O/c28-20(24-16-17-6-2-1-3-7-17)18-9-11-23-21(25-18)27-14-12-26(13-15-27)19-8-4-5-10-22-19/h1-11H,12-16H2,(H,24,28). The summed E-state index contributed by atoms with van der Waals surface area (Å²) < 4.78 is 0. The smallest absolute Gasteiger partial charge is 0.270 e. The first-order valence-corrected chi connectivity index (χ1v) is 9.36. The minimum absolute atomic E-state index is 0.195. The summed E-state index contributed by atoms with van der Waals surface area (Å²) in [7, 11) is 0. The number of nitrogens with zero attached hydrogens (tertiary/aromatic N) is 5. The monoisotopic (exact) mass is 374 g/mol. The summed E-state index contributed by atoms with van der Waals surface area (Å²) in [6, 6.07) is 17.4. The number of hydrogen-bond acceptors (Lipinski definition) is 6. The van der Waals surface area contributed by atoms with Gasteiger partial charge in [0.2, 0.25) is 5.95 Å². The highest BCUT2D eigenvalue weighted by Gasteiger charge is 2.20. The Balaban J connectivity index is 1.37. The van der Waals surface area contributed by atoms with Crippen LogP contribution in [0.2, 0.25) is 0 Å². The second-order valence-corrected chi connectivity index (χ2v) is 6.57. The van der Waals surface area contributed by atoms with Gasteiger partial charge in [0.05, 0.1) is 0 Å². The van der Waals surface area contributed by atoms with E-state index in [2.05, 4.69) is 30.1 Å². The van der Waals surface area contributed by atoms with Gasteiger partial charge in [-0.05, 0) is 23.8 Å². The van der Waals surface area contributed by atoms with Gasteiger partial charge in [0.25, 0.3) is 5.91 Å². The number of amides is 1. The van der Waals surface area contributed by atoms with Crippen molar-refractivity contribution >= 4 is 17.7 Å². The van der Waals surface area contributed by atoms with Crippen LogP contribution in [-0.4, -0.2) is 47.0 Å². The lowest BCUT2D eigenvalue weighted by Gasteiger charge is -2.35. The van der Waals surface area contributed by atoms with Crippen molar-refractivity contribution in [2.45, 2.75) is 6.54 Å². The molecule has 1 N–H and O–H groups in total. The molecule has 7 heteroatoms. The van der Waals surface area contributed by atoms with Crippen molar-refractivity contribution in [1.82, 2.24) is 20.3 Å². The molecule has 1 saturated heterocycles. The zero-order valence-corrected chi connectivity index (χ0v) is 15.5. The Labute approximate surface area is 164 Å². The summed E-state index contributed by atoms with van der Waals surface area (Å²) in [4.78, 5) is 30.0. The van der Waals surface area contributed by atoms with E-state index >= 15 is 0 Å². The SMILES string of the molecule is O=C(NCc1ccccc1)c1ccnc(N2CCN(c3ccccn3)CC2)n1. The average Bonchev–Trinajstić information content (AvgIpc) is 2.79. The van der Waals surface area contributed by atoms with Crippen molar-refractivity contribution in [3.05, 3.63) is 78.2 Å². The van der Waals surface area contributed by atoms with Gasteiger partial charge in [0.1, 0.15) is 11.5 Å². The van der Waals surface area contributed by atoms with E-state index in [0.717, 1.165) is 37.6 Å². The topological polar surface area (TPSA) is 74.2 Å². The fourth-order valence-electron chi connectivity index (χ4n) is 3.17. The minimum Gasteiger partial charge on any atom is -0.353 e. The van der Waals surface area contributed by atoms with Crippen LogP contribution in [0.4, 0.5) is 11.8 Å². The molecule has 0 aliphatic carbocycles. The molecule has 0 saturated carbocycles. The number of hydrogen-bond donors (Lipinski definition) is 1. The van der Waals surface area contributed by atoms with E-state index in [4.69, 9.17) is 0 Å². The van der Waals surface area contributed by atoms with Crippen LogP contribution in [0.5, 0.6) is 0 Å². The molecule has 3 aromatic rings. The van der Waals surface area contributed by atoms with Crippen LogP contribution in [0.15, 0.2) is 67.0 Å². The van der Waals surface area contributed by atoms with E-state index in [1.807, 2.05) is 54.7 Å². The van der Waals surface area contributed by atoms with Gasteiger partial charge in [-0.15, -0.1) is 0 Å². The lowest BCUT2D eigenvalue weighted by Crippen LogP contribution is -2.47. The lowest BCUT2D eigenvalue weighted by atomic mass is 10.2. The van der Waals surface area contributed by atoms with Gasteiger partial charge in [-0.25, -0.2) is 15.0 Å². The van der Waals surface area contributed by atoms with E-state index in [-0.39, 0.29) is 5.91 Å². The molecule has 0 bridgehead atoms. The van der Waals surface area contributed by atoms with Gasteiger partial charge in [-0.3, -0.25) is 4.79 Å². The molecule has 1 aliphatic rings. The summed E-state index contributed by atoms with van der Waals surface area (Å²) in [5.74, 6) is 1.38. The molecule has 0 unspecified atom stereocenters. The number of carbonyl (C=O) groups is 1. The normalized spacial score (nSPS) is 14.0. The van der Waals surface area contributed by atoms with E-state index in [1.54, 1.807) is 12.3 Å². The first-order chi connectivity index (χ1) is 13.8. The van der Waals surface area contributed by atoms with Crippen molar-refractivity contribution in [3.63, 3.8) is 0 Å². The maximum atomic E-state index is 12.5. The fraction of sp³-hybridized carbons (Fsp3) is 0.238. The van der Waals surface area contributed by atoms with Crippen molar-refractivity contribution in [3.8, 4) is 0 Å². The Morgan fingerprint density at radius 1 is 0.857 bits per heavy atom. The number of carbonyl (C=O) groups excluding carboxylic acids is 1. The number of rotatable bonds is 5. The summed E-state index contributed by atoms with van der Waals surface area (Å²) in [5, 5.41) is 2.91. The van der Waals surface area contributed by atoms with Crippen molar-refractivity contribution in [1.29, 1.82) is 0 Å². The van der Waals surface area contributed by atoms with Gasteiger partial charge >= 0.3 is 0 Å². The molecule has 0 radical (unpaired) electrons. The predicted octanol–water partition coefficient (Wildman–Crippen LogP) is 2.13. The molecule has 142 valence electrons. The Bertz CT molecular complexity index is 910. The number of aromatic nitrogens is 3. The molecule has 3 heterocycles. The highest BCUT2D eigenvalue weighted by atomic mass is 16.1. The lowest BCUT2D eigenvalue weighted by molar-refractivity contribution is 0.0946. The molecule has 0 atom stereocenters. The largest absolute Gasteiger partial charge is 0.353 e. The van der Waals surface area contributed by atoms with E-state index in [1.165, 1.54) is 0 Å². The zero-order chi connectivity index (χ0) is 19.2.